The first-order valence-corrected chi connectivity index (χ1v) is 15.2. The van der Waals surface area contributed by atoms with E-state index in [-0.39, 0.29) is 17.9 Å². The first-order valence-electron chi connectivity index (χ1n) is 15.2. The number of ether oxygens (including phenoxy) is 3. The van der Waals surface area contributed by atoms with Crippen LogP contribution in [0.2, 0.25) is 0 Å². The Morgan fingerprint density at radius 3 is 2.55 bits per heavy atom. The molecule has 0 amide bonds. The molecule has 4 aliphatic rings. The Kier molecular flexibility index (Phi) is 7.62. The van der Waals surface area contributed by atoms with Crippen molar-refractivity contribution < 1.29 is 19.0 Å². The minimum Gasteiger partial charge on any atom is -0.497 e. The van der Waals surface area contributed by atoms with Gasteiger partial charge >= 0.3 is 5.97 Å². The van der Waals surface area contributed by atoms with Crippen LogP contribution in [-0.2, 0) is 20.7 Å². The third kappa shape index (κ3) is 4.33. The van der Waals surface area contributed by atoms with Crippen LogP contribution < -0.4 is 10.1 Å². The van der Waals surface area contributed by atoms with E-state index < -0.39 is 17.4 Å². The smallest absolute Gasteiger partial charge is 0.314 e. The molecule has 4 aliphatic heterocycles. The van der Waals surface area contributed by atoms with Crippen LogP contribution >= 0.6 is 0 Å². The van der Waals surface area contributed by atoms with E-state index in [1.54, 1.807) is 7.11 Å². The number of para-hydroxylation sites is 1. The number of nitrogens with one attached hydrogen (secondary N) is 1. The Morgan fingerprint density at radius 2 is 1.82 bits per heavy atom. The summed E-state index contributed by atoms with van der Waals surface area (Å²) in [6, 6.07) is 16.5. The van der Waals surface area contributed by atoms with Gasteiger partial charge in [0.15, 0.2) is 11.4 Å². The largest absolute Gasteiger partial charge is 0.497 e. The van der Waals surface area contributed by atoms with Crippen LogP contribution in [-0.4, -0.2) is 61.4 Å². The van der Waals surface area contributed by atoms with Gasteiger partial charge in [0, 0.05) is 25.2 Å². The molecule has 7 nitrogen and oxygen atoms in total. The van der Waals surface area contributed by atoms with Crippen LogP contribution in [0.4, 0.5) is 5.69 Å². The summed E-state index contributed by atoms with van der Waals surface area (Å²) in [5.74, 6) is -0.0918. The number of unbranched alkanes of at least 4 members (excludes halogenated alkanes) is 3. The maximum Gasteiger partial charge on any atom is 0.314 e. The lowest BCUT2D eigenvalue weighted by molar-refractivity contribution is -0.167. The molecular formula is C33H43N3O4. The summed E-state index contributed by atoms with van der Waals surface area (Å²) in [5.41, 5.74) is 2.48. The van der Waals surface area contributed by atoms with Gasteiger partial charge < -0.3 is 19.5 Å². The van der Waals surface area contributed by atoms with Crippen molar-refractivity contribution in [2.75, 3.05) is 32.6 Å². The highest BCUT2D eigenvalue weighted by atomic mass is 16.6. The number of nitrogens with zero attached hydrogens (tertiary/aromatic N) is 2. The number of carbonyl (C=O) groups excluding carboxylic acids is 1. The van der Waals surface area contributed by atoms with Crippen LogP contribution in [0, 0.1) is 5.92 Å². The summed E-state index contributed by atoms with van der Waals surface area (Å²) >= 11 is 0. The molecule has 1 N–H and O–H groups in total. The number of hydrogen-bond acceptors (Lipinski definition) is 7. The first kappa shape index (κ1) is 27.3. The Balaban J connectivity index is 1.50. The molecule has 7 heteroatoms. The molecule has 2 saturated heterocycles. The quantitative estimate of drug-likeness (QED) is 0.294. The second kappa shape index (κ2) is 11.2. The summed E-state index contributed by atoms with van der Waals surface area (Å²) < 4.78 is 18.4. The zero-order chi connectivity index (χ0) is 27.7. The number of aliphatic imine (C=N–C) groups is 1. The average Bonchev–Trinajstić information content (AvgIpc) is 3.50. The molecule has 2 fully saturated rings. The van der Waals surface area contributed by atoms with Gasteiger partial charge in [0.25, 0.3) is 0 Å². The van der Waals surface area contributed by atoms with Crippen molar-refractivity contribution in [3.05, 3.63) is 59.7 Å². The minimum atomic E-state index is -0.932. The summed E-state index contributed by atoms with van der Waals surface area (Å²) in [5, 5.41) is 3.84. The van der Waals surface area contributed by atoms with Crippen LogP contribution in [0.3, 0.4) is 0 Å². The molecular weight excluding hydrogens is 502 g/mol. The number of esters is 1. The van der Waals surface area contributed by atoms with Crippen LogP contribution in [0.15, 0.2) is 53.5 Å². The SMILES string of the molecule is CCCCCC[C@@H]1Nc2ccccc2[C@@H]2[C@@H](C(=O)OC)[C@]3(N4CCCCC4)O[C@]12N=C3Cc1ccc(OC)cc1. The molecule has 4 heterocycles. The molecule has 0 aromatic heterocycles. The van der Waals surface area contributed by atoms with Gasteiger partial charge in [-0.2, -0.15) is 0 Å². The second-order valence-corrected chi connectivity index (χ2v) is 11.8. The van der Waals surface area contributed by atoms with Gasteiger partial charge in [0.2, 0.25) is 0 Å². The number of benzene rings is 2. The molecule has 0 aliphatic carbocycles. The summed E-state index contributed by atoms with van der Waals surface area (Å²) in [6.45, 7) is 4.01. The van der Waals surface area contributed by atoms with E-state index in [0.717, 1.165) is 67.0 Å². The van der Waals surface area contributed by atoms with Crippen LogP contribution in [0.1, 0.15) is 75.3 Å². The van der Waals surface area contributed by atoms with Crippen LogP contribution in [0.25, 0.3) is 0 Å². The van der Waals surface area contributed by atoms with E-state index in [1.165, 1.54) is 32.8 Å². The number of anilines is 1. The topological polar surface area (TPSA) is 72.4 Å². The van der Waals surface area contributed by atoms with Gasteiger partial charge in [0.1, 0.15) is 11.7 Å². The fourth-order valence-electron chi connectivity index (χ4n) is 7.67. The number of carbonyl (C=O) groups is 1. The third-order valence-electron chi connectivity index (χ3n) is 9.53. The van der Waals surface area contributed by atoms with Gasteiger partial charge in [-0.05, 0) is 48.6 Å². The van der Waals surface area contributed by atoms with Crippen molar-refractivity contribution in [2.24, 2.45) is 10.9 Å². The third-order valence-corrected chi connectivity index (χ3v) is 9.53. The van der Waals surface area contributed by atoms with E-state index >= 15 is 0 Å². The predicted octanol–water partition coefficient (Wildman–Crippen LogP) is 5.94. The lowest BCUT2D eigenvalue weighted by Crippen LogP contribution is -2.62. The number of likely N-dealkylation sites (tertiary alicyclic amines) is 1. The molecule has 0 radical (unpaired) electrons. The fraction of sp³-hybridized carbons (Fsp3) is 0.576. The van der Waals surface area contributed by atoms with E-state index in [2.05, 4.69) is 53.5 Å². The summed E-state index contributed by atoms with van der Waals surface area (Å²) in [6.07, 6.45) is 9.60. The van der Waals surface area contributed by atoms with Crippen molar-refractivity contribution in [1.82, 2.24) is 4.90 Å². The minimum absolute atomic E-state index is 0.0311. The first-order chi connectivity index (χ1) is 19.6. The van der Waals surface area contributed by atoms with Gasteiger partial charge in [-0.3, -0.25) is 14.7 Å². The second-order valence-electron chi connectivity index (χ2n) is 11.8. The zero-order valence-electron chi connectivity index (χ0n) is 24.2. The number of hydrogen-bond donors (Lipinski definition) is 1. The van der Waals surface area contributed by atoms with E-state index in [1.807, 2.05) is 12.1 Å². The number of methoxy groups -OCH3 is 2. The predicted molar refractivity (Wildman–Crippen MR) is 157 cm³/mol. The summed E-state index contributed by atoms with van der Waals surface area (Å²) in [4.78, 5) is 22.0. The highest BCUT2D eigenvalue weighted by Gasteiger charge is 2.76. The summed E-state index contributed by atoms with van der Waals surface area (Å²) in [7, 11) is 3.20. The molecule has 0 unspecified atom stereocenters. The molecule has 6 rings (SSSR count). The number of piperidine rings is 1. The molecule has 40 heavy (non-hydrogen) atoms. The van der Waals surface area contributed by atoms with Crippen LogP contribution in [0.5, 0.6) is 5.75 Å². The van der Waals surface area contributed by atoms with Gasteiger partial charge in [0.05, 0.1) is 31.9 Å². The van der Waals surface area contributed by atoms with E-state index in [4.69, 9.17) is 19.2 Å². The van der Waals surface area contributed by atoms with Crippen molar-refractivity contribution in [1.29, 1.82) is 0 Å². The van der Waals surface area contributed by atoms with Crippen molar-refractivity contribution in [2.45, 2.75) is 88.1 Å². The normalized spacial score (nSPS) is 30.7. The van der Waals surface area contributed by atoms with Crippen molar-refractivity contribution in [3.8, 4) is 5.75 Å². The standard InChI is InChI=1S/C33H43N3O4/c1-4-5-6-8-15-27-32-29(25-13-9-10-14-26(25)34-27)30(31(37)39-3)33(40-32,36-20-11-7-12-21-36)28(35-32)22-23-16-18-24(38-2)19-17-23/h9-10,13-14,16-19,27,29-30,34H,4-8,11-12,15,20-22H2,1-3H3/t27-,29+,30-,32+,33+/m0/s1. The average molecular weight is 546 g/mol. The molecule has 5 atom stereocenters. The van der Waals surface area contributed by atoms with E-state index in [9.17, 15) is 4.79 Å². The molecule has 0 saturated carbocycles. The zero-order valence-corrected chi connectivity index (χ0v) is 24.2. The Labute approximate surface area is 238 Å². The number of rotatable bonds is 10. The fourth-order valence-corrected chi connectivity index (χ4v) is 7.67. The lowest BCUT2D eigenvalue weighted by Gasteiger charge is -2.46. The number of fused-ring (bicyclic) bond motifs is 3. The Hall–Kier alpha value is -2.90. The molecule has 2 bridgehead atoms. The molecule has 214 valence electrons. The molecule has 2 aromatic rings. The highest BCUT2D eigenvalue weighted by Crippen LogP contribution is 2.64. The Bertz CT molecular complexity index is 1240. The monoisotopic (exact) mass is 545 g/mol. The lowest BCUT2D eigenvalue weighted by atomic mass is 9.67. The van der Waals surface area contributed by atoms with Gasteiger partial charge in [-0.25, -0.2) is 0 Å². The highest BCUT2D eigenvalue weighted by molar-refractivity contribution is 6.02. The molecule has 2 aromatic carbocycles. The van der Waals surface area contributed by atoms with Crippen molar-refractivity contribution >= 4 is 17.4 Å². The van der Waals surface area contributed by atoms with E-state index in [0.29, 0.717) is 6.42 Å². The Morgan fingerprint density at radius 1 is 1.05 bits per heavy atom. The molecule has 1 spiro atoms. The maximum atomic E-state index is 14.0. The maximum absolute atomic E-state index is 14.0. The van der Waals surface area contributed by atoms with Gasteiger partial charge in [-0.1, -0.05) is 69.4 Å². The van der Waals surface area contributed by atoms with Gasteiger partial charge in [-0.15, -0.1) is 0 Å². The van der Waals surface area contributed by atoms with Crippen molar-refractivity contribution in [3.63, 3.8) is 0 Å².